The summed E-state index contributed by atoms with van der Waals surface area (Å²) in [5.74, 6) is -0.804. The Labute approximate surface area is 98.5 Å². The van der Waals surface area contributed by atoms with E-state index in [0.29, 0.717) is 13.1 Å². The highest BCUT2D eigenvalue weighted by molar-refractivity contribution is 5.73. The molecule has 0 radical (unpaired) electrons. The lowest BCUT2D eigenvalue weighted by atomic mass is 10.3. The molecule has 17 heavy (non-hydrogen) atoms. The zero-order chi connectivity index (χ0) is 12.1. The Morgan fingerprint density at radius 2 is 2.06 bits per heavy atom. The highest BCUT2D eigenvalue weighted by Gasteiger charge is 2.00. The lowest BCUT2D eigenvalue weighted by Crippen LogP contribution is -2.18. The van der Waals surface area contributed by atoms with Crippen LogP contribution in [-0.4, -0.2) is 27.6 Å². The molecule has 88 valence electrons. The highest BCUT2D eigenvalue weighted by Crippen LogP contribution is 2.07. The molecule has 0 aliphatic rings. The molecule has 5 nitrogen and oxygen atoms in total. The molecule has 0 aliphatic carbocycles. The molecule has 0 aliphatic heterocycles. The van der Waals surface area contributed by atoms with Crippen molar-refractivity contribution < 1.29 is 9.90 Å². The molecule has 0 saturated carbocycles. The van der Waals surface area contributed by atoms with Gasteiger partial charge in [0.05, 0.1) is 29.3 Å². The zero-order valence-corrected chi connectivity index (χ0v) is 9.26. The average molecular weight is 231 g/mol. The van der Waals surface area contributed by atoms with Crippen molar-refractivity contribution in [3.63, 3.8) is 0 Å². The number of para-hydroxylation sites is 2. The molecule has 1 heterocycles. The van der Waals surface area contributed by atoms with Gasteiger partial charge in [-0.1, -0.05) is 12.1 Å². The molecule has 1 aromatic heterocycles. The minimum absolute atomic E-state index is 0.112. The van der Waals surface area contributed by atoms with Crippen molar-refractivity contribution >= 4 is 17.0 Å². The fraction of sp³-hybridized carbons (Fsp3) is 0.250. The normalized spacial score (nSPS) is 10.6. The third-order valence-electron chi connectivity index (χ3n) is 2.32. The second-order valence-electron chi connectivity index (χ2n) is 3.67. The quantitative estimate of drug-likeness (QED) is 0.756. The van der Waals surface area contributed by atoms with Crippen molar-refractivity contribution in [2.24, 2.45) is 0 Å². The number of fused-ring (bicyclic) bond motifs is 1. The van der Waals surface area contributed by atoms with Crippen LogP contribution in [0.1, 0.15) is 12.1 Å². The summed E-state index contributed by atoms with van der Waals surface area (Å²) >= 11 is 0. The molecule has 0 unspecified atom stereocenters. The fourth-order valence-electron chi connectivity index (χ4n) is 1.49. The summed E-state index contributed by atoms with van der Waals surface area (Å²) in [5, 5.41) is 11.5. The van der Waals surface area contributed by atoms with Crippen LogP contribution in [0.5, 0.6) is 0 Å². The van der Waals surface area contributed by atoms with Crippen molar-refractivity contribution in [2.45, 2.75) is 13.0 Å². The van der Waals surface area contributed by atoms with Gasteiger partial charge < -0.3 is 10.4 Å². The molecule has 0 amide bonds. The minimum atomic E-state index is -0.804. The van der Waals surface area contributed by atoms with Gasteiger partial charge in [-0.25, -0.2) is 4.98 Å². The van der Waals surface area contributed by atoms with Crippen LogP contribution in [0.4, 0.5) is 0 Å². The van der Waals surface area contributed by atoms with E-state index in [1.54, 1.807) is 6.20 Å². The molecule has 2 N–H and O–H groups in total. The van der Waals surface area contributed by atoms with E-state index in [9.17, 15) is 4.79 Å². The van der Waals surface area contributed by atoms with Crippen LogP contribution in [0.15, 0.2) is 30.5 Å². The van der Waals surface area contributed by atoms with E-state index in [0.717, 1.165) is 16.7 Å². The predicted octanol–water partition coefficient (Wildman–Crippen LogP) is 1.19. The summed E-state index contributed by atoms with van der Waals surface area (Å²) in [7, 11) is 0. The lowest BCUT2D eigenvalue weighted by molar-refractivity contribution is -0.136. The molecule has 2 aromatic rings. The number of nitrogens with one attached hydrogen (secondary N) is 1. The highest BCUT2D eigenvalue weighted by atomic mass is 16.4. The summed E-state index contributed by atoms with van der Waals surface area (Å²) < 4.78 is 0. The van der Waals surface area contributed by atoms with Gasteiger partial charge in [0.15, 0.2) is 0 Å². The van der Waals surface area contributed by atoms with Crippen LogP contribution in [0.3, 0.4) is 0 Å². The van der Waals surface area contributed by atoms with E-state index in [4.69, 9.17) is 5.11 Å². The van der Waals surface area contributed by atoms with E-state index in [-0.39, 0.29) is 6.42 Å². The van der Waals surface area contributed by atoms with Gasteiger partial charge in [-0.15, -0.1) is 0 Å². The first-order chi connectivity index (χ1) is 8.25. The first kappa shape index (κ1) is 11.5. The SMILES string of the molecule is O=C(O)CCNCc1cnc2ccccc2n1. The van der Waals surface area contributed by atoms with Crippen molar-refractivity contribution in [1.29, 1.82) is 0 Å². The Hall–Kier alpha value is -2.01. The van der Waals surface area contributed by atoms with Gasteiger partial charge in [-0.3, -0.25) is 9.78 Å². The van der Waals surface area contributed by atoms with Gasteiger partial charge in [-0.05, 0) is 12.1 Å². The van der Waals surface area contributed by atoms with E-state index in [1.165, 1.54) is 0 Å². The Bertz CT molecular complexity index is 528. The number of nitrogens with zero attached hydrogens (tertiary/aromatic N) is 2. The van der Waals surface area contributed by atoms with E-state index in [1.807, 2.05) is 24.3 Å². The predicted molar refractivity (Wildman–Crippen MR) is 63.5 cm³/mol. The maximum atomic E-state index is 10.3. The summed E-state index contributed by atoms with van der Waals surface area (Å²) in [6.07, 6.45) is 1.82. The number of hydrogen-bond donors (Lipinski definition) is 2. The topological polar surface area (TPSA) is 75.1 Å². The van der Waals surface area contributed by atoms with E-state index < -0.39 is 5.97 Å². The molecular weight excluding hydrogens is 218 g/mol. The molecular formula is C12H13N3O2. The Balaban J connectivity index is 1.97. The van der Waals surface area contributed by atoms with Gasteiger partial charge in [-0.2, -0.15) is 0 Å². The molecule has 0 fully saturated rings. The second-order valence-corrected chi connectivity index (χ2v) is 3.67. The lowest BCUT2D eigenvalue weighted by Gasteiger charge is -2.03. The number of rotatable bonds is 5. The van der Waals surface area contributed by atoms with Gasteiger partial charge in [0.25, 0.3) is 0 Å². The summed E-state index contributed by atoms with van der Waals surface area (Å²) in [4.78, 5) is 19.0. The summed E-state index contributed by atoms with van der Waals surface area (Å²) in [6, 6.07) is 7.65. The molecule has 0 atom stereocenters. The number of benzene rings is 1. The molecule has 2 rings (SSSR count). The van der Waals surface area contributed by atoms with Crippen molar-refractivity contribution in [3.8, 4) is 0 Å². The van der Waals surface area contributed by atoms with Crippen molar-refractivity contribution in [2.75, 3.05) is 6.54 Å². The number of hydrogen-bond acceptors (Lipinski definition) is 4. The average Bonchev–Trinajstić information content (AvgIpc) is 2.34. The van der Waals surface area contributed by atoms with E-state index in [2.05, 4.69) is 15.3 Å². The van der Waals surface area contributed by atoms with Crippen LogP contribution < -0.4 is 5.32 Å². The third-order valence-corrected chi connectivity index (χ3v) is 2.32. The Morgan fingerprint density at radius 1 is 1.29 bits per heavy atom. The maximum Gasteiger partial charge on any atom is 0.304 e. The minimum Gasteiger partial charge on any atom is -0.481 e. The Morgan fingerprint density at radius 3 is 2.82 bits per heavy atom. The van der Waals surface area contributed by atoms with Crippen LogP contribution in [0.25, 0.3) is 11.0 Å². The van der Waals surface area contributed by atoms with E-state index >= 15 is 0 Å². The van der Waals surface area contributed by atoms with Gasteiger partial charge in [0, 0.05) is 13.1 Å². The largest absolute Gasteiger partial charge is 0.481 e. The van der Waals surface area contributed by atoms with Crippen molar-refractivity contribution in [1.82, 2.24) is 15.3 Å². The van der Waals surface area contributed by atoms with Crippen LogP contribution in [0.2, 0.25) is 0 Å². The van der Waals surface area contributed by atoms with Gasteiger partial charge in [0.2, 0.25) is 0 Å². The fourth-order valence-corrected chi connectivity index (χ4v) is 1.49. The monoisotopic (exact) mass is 231 g/mol. The molecule has 0 saturated heterocycles. The molecule has 0 spiro atoms. The van der Waals surface area contributed by atoms with Crippen LogP contribution in [0, 0.1) is 0 Å². The summed E-state index contributed by atoms with van der Waals surface area (Å²) in [5.41, 5.74) is 2.53. The van der Waals surface area contributed by atoms with Gasteiger partial charge >= 0.3 is 5.97 Å². The molecule has 5 heteroatoms. The van der Waals surface area contributed by atoms with Crippen molar-refractivity contribution in [3.05, 3.63) is 36.2 Å². The summed E-state index contributed by atoms with van der Waals surface area (Å²) in [6.45, 7) is 0.967. The second kappa shape index (κ2) is 5.36. The smallest absolute Gasteiger partial charge is 0.304 e. The standard InChI is InChI=1S/C12H13N3O2/c16-12(17)5-6-13-7-9-8-14-10-3-1-2-4-11(10)15-9/h1-4,8,13H,5-7H2,(H,16,17). The first-order valence-electron chi connectivity index (χ1n) is 5.39. The molecule has 0 bridgehead atoms. The number of carbonyl (C=O) groups is 1. The number of aliphatic carboxylic acids is 1. The van der Waals surface area contributed by atoms with Crippen LogP contribution in [-0.2, 0) is 11.3 Å². The van der Waals surface area contributed by atoms with Gasteiger partial charge in [0.1, 0.15) is 0 Å². The number of carboxylic acids is 1. The number of aromatic nitrogens is 2. The first-order valence-corrected chi connectivity index (χ1v) is 5.39. The Kier molecular flexibility index (Phi) is 3.62. The number of carboxylic acid groups (broad SMARTS) is 1. The third kappa shape index (κ3) is 3.22. The zero-order valence-electron chi connectivity index (χ0n) is 9.26. The molecule has 1 aromatic carbocycles. The maximum absolute atomic E-state index is 10.3. The van der Waals surface area contributed by atoms with Crippen LogP contribution >= 0.6 is 0 Å².